The fourth-order valence-electron chi connectivity index (χ4n) is 4.16. The van der Waals surface area contributed by atoms with Crippen molar-refractivity contribution >= 4 is 21.9 Å². The summed E-state index contributed by atoms with van der Waals surface area (Å²) in [4.78, 5) is 31.6. The molecule has 0 N–H and O–H groups in total. The number of aryl methyl sites for hydroxylation is 3. The van der Waals surface area contributed by atoms with Crippen molar-refractivity contribution < 1.29 is 9.47 Å². The number of ether oxygens (including phenoxy) is 2. The Morgan fingerprint density at radius 2 is 1.72 bits per heavy atom. The molecule has 0 fully saturated rings. The molecule has 0 bridgehead atoms. The molecule has 7 heteroatoms. The molecule has 0 aliphatic heterocycles. The summed E-state index contributed by atoms with van der Waals surface area (Å²) in [5.74, 6) is 1.99. The maximum atomic E-state index is 13.6. The van der Waals surface area contributed by atoms with E-state index in [0.717, 1.165) is 17.5 Å². The van der Waals surface area contributed by atoms with Crippen molar-refractivity contribution in [2.24, 2.45) is 7.05 Å². The van der Waals surface area contributed by atoms with Gasteiger partial charge in [-0.05, 0) is 42.7 Å². The van der Waals surface area contributed by atoms with Gasteiger partial charge in [0.2, 0.25) is 5.43 Å². The number of hydrogen-bond donors (Lipinski definition) is 0. The Bertz CT molecular complexity index is 1420. The molecule has 2 heterocycles. The summed E-state index contributed by atoms with van der Waals surface area (Å²) in [5.41, 5.74) is 1.65. The highest BCUT2D eigenvalue weighted by atomic mass is 16.5. The van der Waals surface area contributed by atoms with E-state index in [2.05, 4.69) is 6.92 Å². The van der Waals surface area contributed by atoms with Crippen LogP contribution in [-0.2, 0) is 26.4 Å². The third-order valence-electron chi connectivity index (χ3n) is 5.83. The first-order chi connectivity index (χ1) is 15.5. The number of aromatic nitrogens is 3. The fraction of sp³-hybridized carbons (Fsp3) is 0.320. The second kappa shape index (κ2) is 8.86. The van der Waals surface area contributed by atoms with Gasteiger partial charge in [0.25, 0.3) is 5.56 Å². The van der Waals surface area contributed by atoms with Gasteiger partial charge in [-0.1, -0.05) is 25.1 Å². The zero-order valence-corrected chi connectivity index (χ0v) is 18.8. The van der Waals surface area contributed by atoms with Crippen molar-refractivity contribution in [1.29, 1.82) is 0 Å². The van der Waals surface area contributed by atoms with Crippen LogP contribution in [0.3, 0.4) is 0 Å². The van der Waals surface area contributed by atoms with E-state index in [9.17, 15) is 9.59 Å². The highest BCUT2D eigenvalue weighted by Gasteiger charge is 2.18. The van der Waals surface area contributed by atoms with Crippen LogP contribution in [0, 0.1) is 0 Å². The van der Waals surface area contributed by atoms with Gasteiger partial charge in [-0.15, -0.1) is 0 Å². The van der Waals surface area contributed by atoms with Crippen LogP contribution in [0.1, 0.15) is 24.7 Å². The molecule has 0 atom stereocenters. The SMILES string of the molecule is CCCc1nc2c(c(=O)c3ccccc3n2C)c(=O)n1CCc1ccc(OC)c(OC)c1. The van der Waals surface area contributed by atoms with Crippen molar-refractivity contribution in [2.75, 3.05) is 14.2 Å². The smallest absolute Gasteiger partial charge is 0.266 e. The number of nitrogens with zero attached hydrogens (tertiary/aromatic N) is 3. The number of hydrogen-bond acceptors (Lipinski definition) is 5. The van der Waals surface area contributed by atoms with Gasteiger partial charge < -0.3 is 14.0 Å². The van der Waals surface area contributed by atoms with Crippen molar-refractivity contribution in [1.82, 2.24) is 14.1 Å². The van der Waals surface area contributed by atoms with Gasteiger partial charge in [-0.25, -0.2) is 4.98 Å². The van der Waals surface area contributed by atoms with E-state index in [1.165, 1.54) is 0 Å². The number of benzene rings is 2. The molecule has 0 saturated heterocycles. The van der Waals surface area contributed by atoms with Crippen LogP contribution in [0.2, 0.25) is 0 Å². The minimum absolute atomic E-state index is 0.137. The van der Waals surface area contributed by atoms with Crippen LogP contribution in [0.5, 0.6) is 11.5 Å². The van der Waals surface area contributed by atoms with Gasteiger partial charge in [0.05, 0.1) is 19.7 Å². The van der Waals surface area contributed by atoms with Crippen LogP contribution in [0.25, 0.3) is 21.9 Å². The van der Waals surface area contributed by atoms with E-state index in [-0.39, 0.29) is 16.4 Å². The molecule has 0 radical (unpaired) electrons. The van der Waals surface area contributed by atoms with E-state index >= 15 is 0 Å². The predicted octanol–water partition coefficient (Wildman–Crippen LogP) is 3.46. The van der Waals surface area contributed by atoms with Gasteiger partial charge in [0.1, 0.15) is 11.2 Å². The molecular formula is C25H27N3O4. The lowest BCUT2D eigenvalue weighted by atomic mass is 10.1. The van der Waals surface area contributed by atoms with E-state index in [1.54, 1.807) is 24.9 Å². The molecule has 0 aliphatic rings. The monoisotopic (exact) mass is 433 g/mol. The topological polar surface area (TPSA) is 75.4 Å². The molecular weight excluding hydrogens is 406 g/mol. The highest BCUT2D eigenvalue weighted by molar-refractivity contribution is 5.91. The minimum atomic E-state index is -0.287. The number of pyridine rings is 1. The van der Waals surface area contributed by atoms with E-state index in [0.29, 0.717) is 47.7 Å². The zero-order chi connectivity index (χ0) is 22.8. The van der Waals surface area contributed by atoms with E-state index in [1.807, 2.05) is 48.0 Å². The number of rotatable bonds is 7. The fourth-order valence-corrected chi connectivity index (χ4v) is 4.16. The Morgan fingerprint density at radius 1 is 0.969 bits per heavy atom. The summed E-state index contributed by atoms with van der Waals surface area (Å²) in [7, 11) is 5.04. The standard InChI is InChI=1S/C25H27N3O4/c1-5-8-21-26-24-22(23(29)17-9-6-7-10-18(17)27(24)2)25(30)28(21)14-13-16-11-12-19(31-3)20(15-16)32-4/h6-7,9-12,15H,5,8,13-14H2,1-4H3. The maximum absolute atomic E-state index is 13.6. The third-order valence-corrected chi connectivity index (χ3v) is 5.83. The average Bonchev–Trinajstić information content (AvgIpc) is 2.82. The molecule has 2 aromatic carbocycles. The van der Waals surface area contributed by atoms with Crippen LogP contribution >= 0.6 is 0 Å². The molecule has 0 saturated carbocycles. The van der Waals surface area contributed by atoms with Crippen LogP contribution < -0.4 is 20.5 Å². The van der Waals surface area contributed by atoms with Gasteiger partial charge in [-0.3, -0.25) is 14.2 Å². The molecule has 4 rings (SSSR count). The Balaban J connectivity index is 1.85. The van der Waals surface area contributed by atoms with Gasteiger partial charge in [0.15, 0.2) is 17.1 Å². The van der Waals surface area contributed by atoms with Crippen molar-refractivity contribution in [3.8, 4) is 11.5 Å². The van der Waals surface area contributed by atoms with Crippen LogP contribution in [0.15, 0.2) is 52.1 Å². The summed E-state index contributed by atoms with van der Waals surface area (Å²) < 4.78 is 14.2. The quantitative estimate of drug-likeness (QED) is 0.417. The summed E-state index contributed by atoms with van der Waals surface area (Å²) in [6.45, 7) is 2.47. The largest absolute Gasteiger partial charge is 0.493 e. The van der Waals surface area contributed by atoms with E-state index in [4.69, 9.17) is 14.5 Å². The summed E-state index contributed by atoms with van der Waals surface area (Å²) in [6, 6.07) is 13.0. The Morgan fingerprint density at radius 3 is 2.44 bits per heavy atom. The average molecular weight is 434 g/mol. The zero-order valence-electron chi connectivity index (χ0n) is 18.8. The van der Waals surface area contributed by atoms with Crippen LogP contribution in [0.4, 0.5) is 0 Å². The minimum Gasteiger partial charge on any atom is -0.493 e. The van der Waals surface area contributed by atoms with Crippen molar-refractivity contribution in [2.45, 2.75) is 32.7 Å². The van der Waals surface area contributed by atoms with Crippen LogP contribution in [-0.4, -0.2) is 28.3 Å². The van der Waals surface area contributed by atoms with Crippen molar-refractivity contribution in [3.05, 3.63) is 74.4 Å². The second-order valence-electron chi connectivity index (χ2n) is 7.78. The first kappa shape index (κ1) is 21.6. The van der Waals surface area contributed by atoms with Crippen molar-refractivity contribution in [3.63, 3.8) is 0 Å². The first-order valence-corrected chi connectivity index (χ1v) is 10.7. The normalized spacial score (nSPS) is 11.2. The number of methoxy groups -OCH3 is 2. The molecule has 2 aromatic heterocycles. The summed E-state index contributed by atoms with van der Waals surface area (Å²) >= 11 is 0. The van der Waals surface area contributed by atoms with Gasteiger partial charge >= 0.3 is 0 Å². The lowest BCUT2D eigenvalue weighted by Crippen LogP contribution is -2.31. The molecule has 4 aromatic rings. The molecule has 0 amide bonds. The lowest BCUT2D eigenvalue weighted by Gasteiger charge is -2.16. The first-order valence-electron chi connectivity index (χ1n) is 10.7. The molecule has 0 aliphatic carbocycles. The molecule has 166 valence electrons. The van der Waals surface area contributed by atoms with Gasteiger partial charge in [-0.2, -0.15) is 0 Å². The Hall–Kier alpha value is -3.61. The maximum Gasteiger partial charge on any atom is 0.266 e. The number of para-hydroxylation sites is 1. The Kier molecular flexibility index (Phi) is 5.99. The molecule has 7 nitrogen and oxygen atoms in total. The molecule has 32 heavy (non-hydrogen) atoms. The van der Waals surface area contributed by atoms with Gasteiger partial charge in [0, 0.05) is 25.4 Å². The summed E-state index contributed by atoms with van der Waals surface area (Å²) in [6.07, 6.45) is 2.09. The molecule has 0 spiro atoms. The Labute approximate surface area is 185 Å². The van der Waals surface area contributed by atoms with E-state index < -0.39 is 0 Å². The second-order valence-corrected chi connectivity index (χ2v) is 7.78. The lowest BCUT2D eigenvalue weighted by molar-refractivity contribution is 0.354. The summed E-state index contributed by atoms with van der Waals surface area (Å²) in [5, 5.41) is 0.662. The highest BCUT2D eigenvalue weighted by Crippen LogP contribution is 2.28. The third kappa shape index (κ3) is 3.64. The number of fused-ring (bicyclic) bond motifs is 2. The molecule has 0 unspecified atom stereocenters. The predicted molar refractivity (Wildman–Crippen MR) is 126 cm³/mol.